The maximum Gasteiger partial charge on any atom is 0.234 e. The lowest BCUT2D eigenvalue weighted by Gasteiger charge is -2.09. The van der Waals surface area contributed by atoms with E-state index in [9.17, 15) is 16.8 Å². The molecule has 0 unspecified atom stereocenters. The van der Waals surface area contributed by atoms with Crippen LogP contribution in [0.4, 0.5) is 11.4 Å². The zero-order valence-electron chi connectivity index (χ0n) is 17.7. The van der Waals surface area contributed by atoms with Gasteiger partial charge in [0.15, 0.2) is 0 Å². The molecule has 0 fully saturated rings. The van der Waals surface area contributed by atoms with E-state index < -0.39 is 17.7 Å². The molecule has 0 radical (unpaired) electrons. The quantitative estimate of drug-likeness (QED) is 0.239. The number of nitrogens with two attached hydrogens (primary N) is 2. The molecule has 0 saturated carbocycles. The van der Waals surface area contributed by atoms with Crippen molar-refractivity contribution in [1.82, 2.24) is 0 Å². The Morgan fingerprint density at radius 1 is 0.500 bits per heavy atom. The normalized spacial score (nSPS) is 11.9. The highest BCUT2D eigenvalue weighted by atomic mass is 33.1. The van der Waals surface area contributed by atoms with E-state index >= 15 is 0 Å². The van der Waals surface area contributed by atoms with Gasteiger partial charge >= 0.3 is 0 Å². The van der Waals surface area contributed by atoms with Crippen LogP contribution in [-0.2, 0) is 17.7 Å². The minimum Gasteiger partial charge on any atom is -0.399 e. The Labute approximate surface area is 206 Å². The summed E-state index contributed by atoms with van der Waals surface area (Å²) in [5, 5.41) is 0. The van der Waals surface area contributed by atoms with E-state index in [4.69, 9.17) is 11.5 Å². The molecule has 4 aromatic carbocycles. The van der Waals surface area contributed by atoms with Gasteiger partial charge in [0.1, 0.15) is 0 Å². The molecule has 0 amide bonds. The summed E-state index contributed by atoms with van der Waals surface area (Å²) < 4.78 is 51.8. The van der Waals surface area contributed by atoms with Gasteiger partial charge in [-0.3, -0.25) is 0 Å². The number of benzene rings is 4. The van der Waals surface area contributed by atoms with Gasteiger partial charge < -0.3 is 11.5 Å². The molecular weight excluding hydrogens is 509 g/mol. The van der Waals surface area contributed by atoms with Crippen molar-refractivity contribution in [3.63, 3.8) is 0 Å². The third-order valence-electron chi connectivity index (χ3n) is 4.75. The first-order valence-corrected chi connectivity index (χ1v) is 15.6. The van der Waals surface area contributed by atoms with Crippen LogP contribution in [0.5, 0.6) is 0 Å². The molecule has 4 aromatic rings. The Bertz CT molecular complexity index is 1420. The highest BCUT2D eigenvalue weighted by Crippen LogP contribution is 2.35. The van der Waals surface area contributed by atoms with Crippen molar-refractivity contribution in [2.75, 3.05) is 11.5 Å². The summed E-state index contributed by atoms with van der Waals surface area (Å²) in [7, 11) is -5.93. The SMILES string of the molecule is Nc1ccc(SS(=O)(=O)c2cccc(-c3cccc(S(=O)(=O)Sc4ccc(N)cc4)c3)c2)cc1. The van der Waals surface area contributed by atoms with E-state index in [1.807, 2.05) is 0 Å². The zero-order valence-corrected chi connectivity index (χ0v) is 20.9. The van der Waals surface area contributed by atoms with Crippen LogP contribution in [0.15, 0.2) is 117 Å². The fourth-order valence-corrected chi connectivity index (χ4v) is 8.67. The van der Waals surface area contributed by atoms with Gasteiger partial charge in [-0.1, -0.05) is 24.3 Å². The zero-order chi connectivity index (χ0) is 24.3. The van der Waals surface area contributed by atoms with Crippen LogP contribution in [0.2, 0.25) is 0 Å². The second-order valence-corrected chi connectivity index (χ2v) is 14.9. The fraction of sp³-hybridized carbons (Fsp3) is 0. The van der Waals surface area contributed by atoms with Gasteiger partial charge in [-0.2, -0.15) is 0 Å². The molecule has 10 heteroatoms. The Balaban J connectivity index is 1.62. The summed E-state index contributed by atoms with van der Waals surface area (Å²) in [6.07, 6.45) is 0. The van der Waals surface area contributed by atoms with Crippen molar-refractivity contribution in [2.45, 2.75) is 19.6 Å². The average Bonchev–Trinajstić information content (AvgIpc) is 2.82. The number of hydrogen-bond acceptors (Lipinski definition) is 8. The summed E-state index contributed by atoms with van der Waals surface area (Å²) in [4.78, 5) is 1.34. The molecule has 0 saturated heterocycles. The molecule has 0 bridgehead atoms. The molecular formula is C24H20N2O4S4. The third kappa shape index (κ3) is 5.76. The Kier molecular flexibility index (Phi) is 6.94. The first kappa shape index (κ1) is 24.2. The second kappa shape index (κ2) is 9.75. The smallest absolute Gasteiger partial charge is 0.234 e. The van der Waals surface area contributed by atoms with E-state index in [0.717, 1.165) is 21.6 Å². The van der Waals surface area contributed by atoms with Crippen molar-refractivity contribution in [3.8, 4) is 11.1 Å². The molecule has 0 aliphatic rings. The average molecular weight is 529 g/mol. The minimum absolute atomic E-state index is 0.122. The second-order valence-electron chi connectivity index (χ2n) is 7.27. The fourth-order valence-electron chi connectivity index (χ4n) is 3.06. The molecule has 0 spiro atoms. The number of hydrogen-bond donors (Lipinski definition) is 2. The molecule has 34 heavy (non-hydrogen) atoms. The molecule has 174 valence electrons. The van der Waals surface area contributed by atoms with Gasteiger partial charge in [0.25, 0.3) is 0 Å². The van der Waals surface area contributed by atoms with E-state index in [2.05, 4.69) is 0 Å². The lowest BCUT2D eigenvalue weighted by atomic mass is 10.1. The standard InChI is InChI=1S/C24H20N2O4S4/c25-19-7-11-21(12-8-19)31-33(27,28)23-5-1-3-17(15-23)18-4-2-6-24(16-18)34(29,30)32-22-13-9-20(26)10-14-22/h1-16H,25-26H2. The maximum absolute atomic E-state index is 12.9. The molecule has 0 aromatic heterocycles. The van der Waals surface area contributed by atoms with Crippen LogP contribution in [-0.4, -0.2) is 16.8 Å². The van der Waals surface area contributed by atoms with Crippen LogP contribution in [0.25, 0.3) is 11.1 Å². The van der Waals surface area contributed by atoms with Gasteiger partial charge in [0.2, 0.25) is 17.7 Å². The van der Waals surface area contributed by atoms with Gasteiger partial charge in [-0.15, -0.1) is 0 Å². The van der Waals surface area contributed by atoms with Crippen LogP contribution in [0.1, 0.15) is 0 Å². The molecule has 0 aliphatic heterocycles. The number of anilines is 2. The van der Waals surface area contributed by atoms with E-state index in [1.54, 1.807) is 84.9 Å². The van der Waals surface area contributed by atoms with Crippen LogP contribution < -0.4 is 11.5 Å². The molecule has 0 heterocycles. The summed E-state index contributed by atoms with van der Waals surface area (Å²) >= 11 is 0. The highest BCUT2D eigenvalue weighted by molar-refractivity contribution is 8.72. The number of nitrogen functional groups attached to an aromatic ring is 2. The number of rotatable bonds is 7. The third-order valence-corrected chi connectivity index (χ3v) is 11.4. The van der Waals surface area contributed by atoms with Gasteiger partial charge in [-0.25, -0.2) is 16.8 Å². The topological polar surface area (TPSA) is 120 Å². The Hall–Kier alpha value is -2.92. The molecule has 4 N–H and O–H groups in total. The molecule has 0 atom stereocenters. The largest absolute Gasteiger partial charge is 0.399 e. The van der Waals surface area contributed by atoms with Crippen LogP contribution in [0, 0.1) is 0 Å². The van der Waals surface area contributed by atoms with Gasteiger partial charge in [-0.05, 0) is 83.9 Å². The lowest BCUT2D eigenvalue weighted by molar-refractivity contribution is 0.608. The predicted octanol–water partition coefficient (Wildman–Crippen LogP) is 5.48. The summed E-state index contributed by atoms with van der Waals surface area (Å²) in [6.45, 7) is 0. The maximum atomic E-state index is 12.9. The van der Waals surface area contributed by atoms with Crippen LogP contribution >= 0.6 is 21.6 Å². The predicted molar refractivity (Wildman–Crippen MR) is 140 cm³/mol. The Morgan fingerprint density at radius 2 is 0.853 bits per heavy atom. The Morgan fingerprint density at radius 3 is 1.21 bits per heavy atom. The van der Waals surface area contributed by atoms with E-state index in [0.29, 0.717) is 32.3 Å². The molecule has 4 rings (SSSR count). The summed E-state index contributed by atoms with van der Waals surface area (Å²) in [5.74, 6) is 0. The highest BCUT2D eigenvalue weighted by Gasteiger charge is 2.20. The first-order valence-electron chi connectivity index (χ1n) is 9.93. The van der Waals surface area contributed by atoms with Gasteiger partial charge in [0, 0.05) is 42.8 Å². The van der Waals surface area contributed by atoms with Crippen LogP contribution in [0.3, 0.4) is 0 Å². The van der Waals surface area contributed by atoms with E-state index in [1.165, 1.54) is 12.1 Å². The molecule has 0 aliphatic carbocycles. The van der Waals surface area contributed by atoms with Crippen molar-refractivity contribution < 1.29 is 16.8 Å². The van der Waals surface area contributed by atoms with Crippen molar-refractivity contribution in [3.05, 3.63) is 97.1 Å². The molecule has 6 nitrogen and oxygen atoms in total. The lowest BCUT2D eigenvalue weighted by Crippen LogP contribution is -1.97. The summed E-state index contributed by atoms with van der Waals surface area (Å²) in [6, 6.07) is 26.0. The summed E-state index contributed by atoms with van der Waals surface area (Å²) in [5.41, 5.74) is 13.6. The van der Waals surface area contributed by atoms with Crippen molar-refractivity contribution >= 4 is 50.7 Å². The van der Waals surface area contributed by atoms with Crippen molar-refractivity contribution in [2.24, 2.45) is 0 Å². The minimum atomic E-state index is -3.70. The van der Waals surface area contributed by atoms with Gasteiger partial charge in [0.05, 0.1) is 9.79 Å². The van der Waals surface area contributed by atoms with Crippen molar-refractivity contribution in [1.29, 1.82) is 0 Å². The monoisotopic (exact) mass is 528 g/mol. The van der Waals surface area contributed by atoms with E-state index in [-0.39, 0.29) is 9.79 Å². The first-order chi connectivity index (χ1) is 16.1.